The fourth-order valence-electron chi connectivity index (χ4n) is 5.52. The van der Waals surface area contributed by atoms with Crippen molar-refractivity contribution in [3.05, 3.63) is 46.5 Å². The maximum Gasteiger partial charge on any atom is 0.333 e. The summed E-state index contributed by atoms with van der Waals surface area (Å²) in [4.78, 5) is 38.5. The number of carbonyl (C=O) groups excluding carboxylic acids is 3. The second kappa shape index (κ2) is 6.13. The number of aryl methyl sites for hydroxylation is 3. The smallest absolute Gasteiger partial charge is 0.333 e. The van der Waals surface area contributed by atoms with Gasteiger partial charge >= 0.3 is 5.97 Å². The van der Waals surface area contributed by atoms with Crippen molar-refractivity contribution in [1.82, 2.24) is 0 Å². The number of hydrogen-bond donors (Lipinski definition) is 0. The maximum absolute atomic E-state index is 13.3. The quantitative estimate of drug-likeness (QED) is 0.466. The van der Waals surface area contributed by atoms with Crippen LogP contribution < -0.4 is 0 Å². The highest BCUT2D eigenvalue weighted by molar-refractivity contribution is 6.17. The third-order valence-corrected chi connectivity index (χ3v) is 6.50. The number of fused-ring (bicyclic) bond motifs is 5. The topological polar surface area (TPSA) is 69.7 Å². The fraction of sp³-hybridized carbons (Fsp3) is 0.500. The van der Waals surface area contributed by atoms with E-state index in [1.165, 1.54) is 7.11 Å². The summed E-state index contributed by atoms with van der Waals surface area (Å²) in [5, 5.41) is 0. The van der Waals surface area contributed by atoms with Crippen LogP contribution >= 0.6 is 0 Å². The summed E-state index contributed by atoms with van der Waals surface area (Å²) in [7, 11) is 1.31. The molecule has 0 N–H and O–H groups in total. The van der Waals surface area contributed by atoms with E-state index in [1.807, 2.05) is 32.9 Å². The van der Waals surface area contributed by atoms with Crippen LogP contribution in [0.15, 0.2) is 24.3 Å². The third-order valence-electron chi connectivity index (χ3n) is 6.50. The Morgan fingerprint density at radius 3 is 2.30 bits per heavy atom. The van der Waals surface area contributed by atoms with E-state index in [2.05, 4.69) is 6.58 Å². The molecule has 0 amide bonds. The van der Waals surface area contributed by atoms with Crippen LogP contribution in [0.25, 0.3) is 0 Å². The number of benzene rings is 1. The fourth-order valence-corrected chi connectivity index (χ4v) is 5.52. The molecule has 2 bridgehead atoms. The molecule has 0 aromatic heterocycles. The largest absolute Gasteiger partial charge is 0.466 e. The predicted molar refractivity (Wildman–Crippen MR) is 98.3 cm³/mol. The van der Waals surface area contributed by atoms with E-state index in [0.717, 1.165) is 22.3 Å². The van der Waals surface area contributed by atoms with E-state index in [0.29, 0.717) is 12.0 Å². The second-order valence-corrected chi connectivity index (χ2v) is 8.10. The van der Waals surface area contributed by atoms with Crippen LogP contribution in [0, 0.1) is 38.5 Å². The van der Waals surface area contributed by atoms with Crippen LogP contribution in [-0.4, -0.2) is 36.9 Å². The summed E-state index contributed by atoms with van der Waals surface area (Å²) in [6.45, 7) is 9.77. The molecule has 5 nitrogen and oxygen atoms in total. The van der Waals surface area contributed by atoms with Crippen LogP contribution in [0.3, 0.4) is 0 Å². The minimum atomic E-state index is -0.723. The molecule has 6 unspecified atom stereocenters. The normalized spacial score (nSPS) is 34.1. The summed E-state index contributed by atoms with van der Waals surface area (Å²) in [6, 6.07) is 4.04. The van der Waals surface area contributed by atoms with Crippen molar-refractivity contribution in [3.8, 4) is 0 Å². The number of hydrogen-bond acceptors (Lipinski definition) is 5. The number of esters is 1. The molecule has 2 heterocycles. The lowest BCUT2D eigenvalue weighted by Crippen LogP contribution is -2.37. The van der Waals surface area contributed by atoms with Gasteiger partial charge in [-0.1, -0.05) is 24.3 Å². The molecule has 3 aliphatic rings. The molecule has 0 spiro atoms. The molecule has 6 atom stereocenters. The molecule has 4 rings (SSSR count). The Morgan fingerprint density at radius 1 is 1.11 bits per heavy atom. The van der Waals surface area contributed by atoms with Crippen molar-refractivity contribution in [2.75, 3.05) is 7.11 Å². The van der Waals surface area contributed by atoms with E-state index in [4.69, 9.17) is 9.47 Å². The van der Waals surface area contributed by atoms with Crippen LogP contribution in [0.5, 0.6) is 0 Å². The molecule has 2 saturated heterocycles. The number of rotatable bonds is 3. The number of ether oxygens (including phenoxy) is 2. The Bertz CT molecular complexity index is 860. The first-order valence-electron chi connectivity index (χ1n) is 9.34. The van der Waals surface area contributed by atoms with Gasteiger partial charge < -0.3 is 9.47 Å². The van der Waals surface area contributed by atoms with Crippen molar-refractivity contribution < 1.29 is 23.9 Å². The van der Waals surface area contributed by atoms with Gasteiger partial charge in [-0.15, -0.1) is 0 Å². The molecular weight excluding hydrogens is 344 g/mol. The van der Waals surface area contributed by atoms with Crippen LogP contribution in [0.1, 0.15) is 34.6 Å². The summed E-state index contributed by atoms with van der Waals surface area (Å²) in [5.41, 5.74) is 4.23. The van der Waals surface area contributed by atoms with Gasteiger partial charge in [-0.05, 0) is 43.9 Å². The van der Waals surface area contributed by atoms with Gasteiger partial charge in [0.05, 0.1) is 31.2 Å². The number of methoxy groups -OCH3 is 1. The SMILES string of the molecule is C=C(C(=O)OC)C1CC2OC1C1C(=O)C(c3c(C)cc(C)cc3C)C(=O)C21. The van der Waals surface area contributed by atoms with Crippen LogP contribution in [0.2, 0.25) is 0 Å². The molecule has 1 aromatic carbocycles. The van der Waals surface area contributed by atoms with E-state index < -0.39 is 29.8 Å². The average molecular weight is 368 g/mol. The Morgan fingerprint density at radius 2 is 1.70 bits per heavy atom. The lowest BCUT2D eigenvalue weighted by molar-refractivity contribution is -0.137. The highest BCUT2D eigenvalue weighted by Gasteiger charge is 2.66. The zero-order valence-electron chi connectivity index (χ0n) is 16.1. The van der Waals surface area contributed by atoms with Gasteiger partial charge in [0.25, 0.3) is 0 Å². The van der Waals surface area contributed by atoms with Crippen molar-refractivity contribution in [3.63, 3.8) is 0 Å². The van der Waals surface area contributed by atoms with E-state index >= 15 is 0 Å². The van der Waals surface area contributed by atoms with Gasteiger partial charge in [0.15, 0.2) is 11.6 Å². The van der Waals surface area contributed by atoms with Gasteiger partial charge in [-0.2, -0.15) is 0 Å². The molecule has 142 valence electrons. The second-order valence-electron chi connectivity index (χ2n) is 8.10. The third kappa shape index (κ3) is 2.44. The first kappa shape index (κ1) is 18.1. The minimum absolute atomic E-state index is 0.0327. The van der Waals surface area contributed by atoms with Crippen LogP contribution in [-0.2, 0) is 23.9 Å². The lowest BCUT2D eigenvalue weighted by Gasteiger charge is -2.26. The van der Waals surface area contributed by atoms with Crippen molar-refractivity contribution >= 4 is 17.5 Å². The van der Waals surface area contributed by atoms with Crippen molar-refractivity contribution in [2.24, 2.45) is 17.8 Å². The van der Waals surface area contributed by atoms with E-state index in [9.17, 15) is 14.4 Å². The first-order chi connectivity index (χ1) is 12.8. The average Bonchev–Trinajstić information content (AvgIpc) is 3.26. The number of carbonyl (C=O) groups is 3. The molecule has 5 heteroatoms. The number of ketones is 2. The standard InChI is InChI=1S/C22H24O5/c1-9-6-10(2)15(11(3)7-9)17-19(23)16-14-8-13(12(4)22(25)26-5)21(27-14)18(16)20(17)24/h6-7,13-14,16-18,21H,4,8H2,1-3,5H3. The summed E-state index contributed by atoms with van der Waals surface area (Å²) < 4.78 is 10.7. The zero-order valence-corrected chi connectivity index (χ0v) is 16.1. The highest BCUT2D eigenvalue weighted by Crippen LogP contribution is 2.56. The molecule has 0 radical (unpaired) electrons. The van der Waals surface area contributed by atoms with Gasteiger partial charge in [0.2, 0.25) is 0 Å². The monoisotopic (exact) mass is 368 g/mol. The predicted octanol–water partition coefficient (Wildman–Crippen LogP) is 2.60. The summed E-state index contributed by atoms with van der Waals surface area (Å²) >= 11 is 0. The first-order valence-corrected chi connectivity index (χ1v) is 9.34. The lowest BCUT2D eigenvalue weighted by atomic mass is 9.73. The van der Waals surface area contributed by atoms with Gasteiger partial charge in [-0.25, -0.2) is 4.79 Å². The highest BCUT2D eigenvalue weighted by atomic mass is 16.5. The minimum Gasteiger partial charge on any atom is -0.466 e. The Labute approximate surface area is 158 Å². The van der Waals surface area contributed by atoms with Gasteiger partial charge in [0, 0.05) is 11.5 Å². The summed E-state index contributed by atoms with van der Waals surface area (Å²) in [6.07, 6.45) is -0.241. The molecule has 1 aliphatic carbocycles. The van der Waals surface area contributed by atoms with E-state index in [-0.39, 0.29) is 23.6 Å². The Hall–Kier alpha value is -2.27. The zero-order chi connectivity index (χ0) is 19.6. The molecule has 3 fully saturated rings. The summed E-state index contributed by atoms with van der Waals surface area (Å²) in [5.74, 6) is -2.48. The molecule has 27 heavy (non-hydrogen) atoms. The van der Waals surface area contributed by atoms with Crippen LogP contribution in [0.4, 0.5) is 0 Å². The number of Topliss-reactive ketones (excluding diaryl/α,β-unsaturated/α-hetero) is 2. The Balaban J connectivity index is 1.70. The maximum atomic E-state index is 13.3. The molecule has 1 aromatic rings. The molecular formula is C22H24O5. The molecule has 2 aliphatic heterocycles. The molecule has 1 saturated carbocycles. The van der Waals surface area contributed by atoms with Gasteiger partial charge in [0.1, 0.15) is 5.92 Å². The van der Waals surface area contributed by atoms with E-state index in [1.54, 1.807) is 0 Å². The van der Waals surface area contributed by atoms with Crippen molar-refractivity contribution in [1.29, 1.82) is 0 Å². The Kier molecular flexibility index (Phi) is 4.11. The van der Waals surface area contributed by atoms with Gasteiger partial charge in [-0.3, -0.25) is 9.59 Å². The van der Waals surface area contributed by atoms with Crippen molar-refractivity contribution in [2.45, 2.75) is 45.3 Å².